The van der Waals surface area contributed by atoms with E-state index in [1.807, 2.05) is 20.8 Å². The second-order valence-corrected chi connectivity index (χ2v) is 5.95. The standard InChI is InChI=1S/C13H24FNO3/c1-13(2,3)18-12(17)15-6-4-5-10(8-15)7-11(14)9-16/h10-11,16H,4-9H2,1-3H3. The molecule has 2 atom stereocenters. The van der Waals surface area contributed by atoms with E-state index in [9.17, 15) is 9.18 Å². The van der Waals surface area contributed by atoms with Crippen LogP contribution in [0.25, 0.3) is 0 Å². The van der Waals surface area contributed by atoms with E-state index in [1.165, 1.54) is 0 Å². The van der Waals surface area contributed by atoms with Gasteiger partial charge < -0.3 is 14.7 Å². The van der Waals surface area contributed by atoms with Crippen LogP contribution in [-0.4, -0.2) is 47.6 Å². The lowest BCUT2D eigenvalue weighted by molar-refractivity contribution is 0.0139. The molecule has 1 amide bonds. The normalized spacial score (nSPS) is 22.7. The molecule has 1 aliphatic heterocycles. The van der Waals surface area contributed by atoms with Gasteiger partial charge in [0, 0.05) is 13.1 Å². The molecule has 106 valence electrons. The first-order valence-electron chi connectivity index (χ1n) is 6.54. The van der Waals surface area contributed by atoms with Crippen molar-refractivity contribution in [3.05, 3.63) is 0 Å². The van der Waals surface area contributed by atoms with Gasteiger partial charge in [-0.1, -0.05) is 0 Å². The average Bonchev–Trinajstić information content (AvgIpc) is 2.27. The number of halogens is 1. The minimum atomic E-state index is -1.19. The number of ether oxygens (including phenoxy) is 1. The largest absolute Gasteiger partial charge is 0.444 e. The third-order valence-corrected chi connectivity index (χ3v) is 2.96. The molecule has 1 aliphatic rings. The van der Waals surface area contributed by atoms with Crippen LogP contribution in [0.3, 0.4) is 0 Å². The molecule has 0 bridgehead atoms. The summed E-state index contributed by atoms with van der Waals surface area (Å²) < 4.78 is 18.4. The quantitative estimate of drug-likeness (QED) is 0.848. The average molecular weight is 261 g/mol. The molecule has 1 rings (SSSR count). The summed E-state index contributed by atoms with van der Waals surface area (Å²) in [6.07, 6.45) is 0.567. The predicted octanol–water partition coefficient (Wildman–Crippen LogP) is 2.35. The number of hydrogen-bond donors (Lipinski definition) is 1. The fourth-order valence-electron chi connectivity index (χ4n) is 2.19. The number of carbonyl (C=O) groups is 1. The molecule has 0 radical (unpaired) electrons. The Hall–Kier alpha value is -0.840. The maximum Gasteiger partial charge on any atom is 0.410 e. The van der Waals surface area contributed by atoms with Gasteiger partial charge in [0.1, 0.15) is 11.8 Å². The molecule has 18 heavy (non-hydrogen) atoms. The molecule has 0 aromatic rings. The van der Waals surface area contributed by atoms with Crippen molar-refractivity contribution in [2.45, 2.75) is 51.8 Å². The minimum absolute atomic E-state index is 0.119. The van der Waals surface area contributed by atoms with E-state index in [0.717, 1.165) is 12.8 Å². The lowest BCUT2D eigenvalue weighted by Crippen LogP contribution is -2.43. The van der Waals surface area contributed by atoms with E-state index in [2.05, 4.69) is 0 Å². The van der Waals surface area contributed by atoms with Gasteiger partial charge in [0.25, 0.3) is 0 Å². The van der Waals surface area contributed by atoms with Gasteiger partial charge in [-0.2, -0.15) is 0 Å². The molecule has 0 spiro atoms. The molecular weight excluding hydrogens is 237 g/mol. The van der Waals surface area contributed by atoms with Gasteiger partial charge in [-0.25, -0.2) is 9.18 Å². The Morgan fingerprint density at radius 1 is 1.56 bits per heavy atom. The number of aliphatic hydroxyl groups excluding tert-OH is 1. The Morgan fingerprint density at radius 3 is 2.78 bits per heavy atom. The molecule has 4 nitrogen and oxygen atoms in total. The number of alkyl halides is 1. The molecule has 1 heterocycles. The summed E-state index contributed by atoms with van der Waals surface area (Å²) in [5.41, 5.74) is -0.502. The first-order chi connectivity index (χ1) is 8.31. The van der Waals surface area contributed by atoms with Gasteiger partial charge in [0.05, 0.1) is 6.61 Å². The summed E-state index contributed by atoms with van der Waals surface area (Å²) in [5, 5.41) is 8.71. The molecule has 1 N–H and O–H groups in total. The second-order valence-electron chi connectivity index (χ2n) is 5.95. The summed E-state index contributed by atoms with van der Waals surface area (Å²) in [6.45, 7) is 6.24. The van der Waals surface area contributed by atoms with Crippen molar-refractivity contribution in [3.63, 3.8) is 0 Å². The first-order valence-corrected chi connectivity index (χ1v) is 6.54. The second kappa shape index (κ2) is 6.36. The monoisotopic (exact) mass is 261 g/mol. The highest BCUT2D eigenvalue weighted by molar-refractivity contribution is 5.68. The Kier molecular flexibility index (Phi) is 5.38. The zero-order valence-corrected chi connectivity index (χ0v) is 11.5. The summed E-state index contributed by atoms with van der Waals surface area (Å²) >= 11 is 0. The van der Waals surface area contributed by atoms with Crippen LogP contribution in [0.2, 0.25) is 0 Å². The highest BCUT2D eigenvalue weighted by Crippen LogP contribution is 2.23. The van der Waals surface area contributed by atoms with Crippen LogP contribution in [0.15, 0.2) is 0 Å². The SMILES string of the molecule is CC(C)(C)OC(=O)N1CCCC(CC(F)CO)C1. The van der Waals surface area contributed by atoms with Gasteiger partial charge in [-0.05, 0) is 46.0 Å². The summed E-state index contributed by atoms with van der Waals surface area (Å²) in [5.74, 6) is 0.119. The maximum atomic E-state index is 13.1. The van der Waals surface area contributed by atoms with Crippen molar-refractivity contribution in [1.29, 1.82) is 0 Å². The van der Waals surface area contributed by atoms with E-state index in [4.69, 9.17) is 9.84 Å². The van der Waals surface area contributed by atoms with E-state index < -0.39 is 18.4 Å². The number of likely N-dealkylation sites (tertiary alicyclic amines) is 1. The fraction of sp³-hybridized carbons (Fsp3) is 0.923. The maximum absolute atomic E-state index is 13.1. The molecule has 0 aromatic heterocycles. The van der Waals surface area contributed by atoms with Gasteiger partial charge in [-0.15, -0.1) is 0 Å². The smallest absolute Gasteiger partial charge is 0.410 e. The Labute approximate surface area is 108 Å². The van der Waals surface area contributed by atoms with E-state index >= 15 is 0 Å². The van der Waals surface area contributed by atoms with E-state index in [-0.39, 0.29) is 12.0 Å². The molecule has 0 saturated carbocycles. The number of carbonyl (C=O) groups excluding carboxylic acids is 1. The van der Waals surface area contributed by atoms with Crippen molar-refractivity contribution in [3.8, 4) is 0 Å². The van der Waals surface area contributed by atoms with Gasteiger partial charge in [0.2, 0.25) is 0 Å². The van der Waals surface area contributed by atoms with Crippen molar-refractivity contribution >= 4 is 6.09 Å². The molecule has 1 saturated heterocycles. The van der Waals surface area contributed by atoms with Gasteiger partial charge in [0.15, 0.2) is 0 Å². The highest BCUT2D eigenvalue weighted by Gasteiger charge is 2.28. The predicted molar refractivity (Wildman–Crippen MR) is 67.1 cm³/mol. The molecular formula is C13H24FNO3. The van der Waals surface area contributed by atoms with Gasteiger partial charge in [-0.3, -0.25) is 0 Å². The first kappa shape index (κ1) is 15.2. The van der Waals surface area contributed by atoms with Crippen molar-refractivity contribution in [2.75, 3.05) is 19.7 Å². The van der Waals surface area contributed by atoms with E-state index in [0.29, 0.717) is 19.5 Å². The Balaban J connectivity index is 2.45. The molecule has 5 heteroatoms. The molecule has 2 unspecified atom stereocenters. The van der Waals surface area contributed by atoms with Gasteiger partial charge >= 0.3 is 6.09 Å². The Bertz CT molecular complexity index is 278. The zero-order chi connectivity index (χ0) is 13.8. The summed E-state index contributed by atoms with van der Waals surface area (Å²) in [6, 6.07) is 0. The summed E-state index contributed by atoms with van der Waals surface area (Å²) in [7, 11) is 0. The number of hydrogen-bond acceptors (Lipinski definition) is 3. The van der Waals surface area contributed by atoms with Crippen LogP contribution < -0.4 is 0 Å². The minimum Gasteiger partial charge on any atom is -0.444 e. The zero-order valence-electron chi connectivity index (χ0n) is 11.5. The fourth-order valence-corrected chi connectivity index (χ4v) is 2.19. The number of amides is 1. The van der Waals surface area contributed by atoms with Crippen LogP contribution in [0.4, 0.5) is 9.18 Å². The Morgan fingerprint density at radius 2 is 2.22 bits per heavy atom. The number of aliphatic hydroxyl groups is 1. The topological polar surface area (TPSA) is 49.8 Å². The van der Waals surface area contributed by atoms with Crippen LogP contribution >= 0.6 is 0 Å². The molecule has 0 aromatic carbocycles. The third-order valence-electron chi connectivity index (χ3n) is 2.96. The summed E-state index contributed by atoms with van der Waals surface area (Å²) in [4.78, 5) is 13.5. The van der Waals surface area contributed by atoms with Crippen molar-refractivity contribution in [1.82, 2.24) is 4.90 Å². The number of rotatable bonds is 3. The van der Waals surface area contributed by atoms with E-state index in [1.54, 1.807) is 4.90 Å². The third kappa shape index (κ3) is 5.21. The molecule has 0 aliphatic carbocycles. The number of piperidine rings is 1. The van der Waals surface area contributed by atoms with Crippen LogP contribution in [0, 0.1) is 5.92 Å². The molecule has 1 fully saturated rings. The van der Waals surface area contributed by atoms with Crippen molar-refractivity contribution in [2.24, 2.45) is 5.92 Å². The lowest BCUT2D eigenvalue weighted by atomic mass is 9.93. The van der Waals surface area contributed by atoms with Crippen LogP contribution in [0.5, 0.6) is 0 Å². The lowest BCUT2D eigenvalue weighted by Gasteiger charge is -2.34. The van der Waals surface area contributed by atoms with Crippen LogP contribution in [0.1, 0.15) is 40.0 Å². The van der Waals surface area contributed by atoms with Crippen molar-refractivity contribution < 1.29 is 19.0 Å². The number of nitrogens with zero attached hydrogens (tertiary/aromatic N) is 1. The van der Waals surface area contributed by atoms with Crippen LogP contribution in [-0.2, 0) is 4.74 Å². The highest BCUT2D eigenvalue weighted by atomic mass is 19.1.